The summed E-state index contributed by atoms with van der Waals surface area (Å²) < 4.78 is 16.4. The minimum Gasteiger partial charge on any atom is -0.493 e. The van der Waals surface area contributed by atoms with E-state index in [0.717, 1.165) is 30.0 Å². The molecule has 0 aromatic heterocycles. The molecule has 3 rings (SSSR count). The van der Waals surface area contributed by atoms with Crippen LogP contribution in [0.25, 0.3) is 0 Å². The second kappa shape index (κ2) is 10.5. The largest absolute Gasteiger partial charge is 0.493 e. The molecule has 1 aromatic carbocycles. The number of ether oxygens (including phenoxy) is 3. The first-order valence-electron chi connectivity index (χ1n) is 11.8. The normalized spacial score (nSPS) is 16.4. The summed E-state index contributed by atoms with van der Waals surface area (Å²) in [5.74, 6) is 2.09. The zero-order valence-corrected chi connectivity index (χ0v) is 21.0. The average molecular weight is 462 g/mol. The Bertz CT molecular complexity index is 839. The molecule has 1 aliphatic heterocycles. The third-order valence-electron chi connectivity index (χ3n) is 6.18. The molecule has 0 radical (unpaired) electrons. The molecule has 0 atom stereocenters. The van der Waals surface area contributed by atoms with Crippen molar-refractivity contribution in [2.75, 3.05) is 46.9 Å². The first-order chi connectivity index (χ1) is 15.6. The van der Waals surface area contributed by atoms with Crippen molar-refractivity contribution in [2.45, 2.75) is 59.1 Å². The fourth-order valence-corrected chi connectivity index (χ4v) is 3.99. The predicted molar refractivity (Wildman–Crippen MR) is 127 cm³/mol. The third kappa shape index (κ3) is 6.92. The van der Waals surface area contributed by atoms with Crippen molar-refractivity contribution >= 4 is 12.1 Å². The van der Waals surface area contributed by atoms with Crippen LogP contribution in [0, 0.1) is 12.8 Å². The SMILES string of the molecule is COc1cc(C)c(CN(CCC2CC2)C(=O)N2CCN(C(=O)OC(C)(C)C)CC2)cc1OC. The van der Waals surface area contributed by atoms with Crippen LogP contribution in [0.2, 0.25) is 0 Å². The fourth-order valence-electron chi connectivity index (χ4n) is 3.99. The number of piperazine rings is 1. The molecule has 1 aliphatic carbocycles. The highest BCUT2D eigenvalue weighted by molar-refractivity contribution is 5.75. The van der Waals surface area contributed by atoms with E-state index in [1.54, 1.807) is 19.1 Å². The molecule has 8 heteroatoms. The minimum atomic E-state index is -0.527. The monoisotopic (exact) mass is 461 g/mol. The van der Waals surface area contributed by atoms with Crippen molar-refractivity contribution in [1.29, 1.82) is 0 Å². The van der Waals surface area contributed by atoms with E-state index in [1.165, 1.54) is 12.8 Å². The molecule has 1 aromatic rings. The number of benzene rings is 1. The van der Waals surface area contributed by atoms with E-state index in [0.29, 0.717) is 44.2 Å². The summed E-state index contributed by atoms with van der Waals surface area (Å²) in [7, 11) is 3.25. The van der Waals surface area contributed by atoms with Crippen molar-refractivity contribution in [2.24, 2.45) is 5.92 Å². The van der Waals surface area contributed by atoms with Crippen LogP contribution in [-0.2, 0) is 11.3 Å². The molecule has 8 nitrogen and oxygen atoms in total. The van der Waals surface area contributed by atoms with Gasteiger partial charge < -0.3 is 28.9 Å². The minimum absolute atomic E-state index is 0.0219. The number of hydrogen-bond acceptors (Lipinski definition) is 5. The van der Waals surface area contributed by atoms with Gasteiger partial charge in [-0.1, -0.05) is 12.8 Å². The lowest BCUT2D eigenvalue weighted by molar-refractivity contribution is 0.0156. The number of carbonyl (C=O) groups excluding carboxylic acids is 2. The van der Waals surface area contributed by atoms with Gasteiger partial charge in [-0.05, 0) is 63.3 Å². The van der Waals surface area contributed by atoms with Crippen LogP contribution >= 0.6 is 0 Å². The number of methoxy groups -OCH3 is 2. The second-order valence-electron chi connectivity index (χ2n) is 10.0. The zero-order chi connectivity index (χ0) is 24.2. The maximum atomic E-state index is 13.5. The van der Waals surface area contributed by atoms with E-state index in [9.17, 15) is 9.59 Å². The van der Waals surface area contributed by atoms with E-state index in [-0.39, 0.29) is 12.1 Å². The van der Waals surface area contributed by atoms with Gasteiger partial charge in [-0.15, -0.1) is 0 Å². The Balaban J connectivity index is 1.67. The number of nitrogens with zero attached hydrogens (tertiary/aromatic N) is 3. The molecule has 2 fully saturated rings. The highest BCUT2D eigenvalue weighted by Gasteiger charge is 2.31. The summed E-state index contributed by atoms with van der Waals surface area (Å²) in [6.07, 6.45) is 3.22. The number of hydrogen-bond donors (Lipinski definition) is 0. The Morgan fingerprint density at radius 1 is 1.00 bits per heavy atom. The summed E-state index contributed by atoms with van der Waals surface area (Å²) in [4.78, 5) is 31.3. The Morgan fingerprint density at radius 3 is 2.12 bits per heavy atom. The maximum Gasteiger partial charge on any atom is 0.410 e. The number of urea groups is 1. The molecule has 0 spiro atoms. The fraction of sp³-hybridized carbons (Fsp3) is 0.680. The Labute approximate surface area is 197 Å². The molecule has 1 saturated carbocycles. The molecule has 33 heavy (non-hydrogen) atoms. The molecule has 0 bridgehead atoms. The molecule has 184 valence electrons. The van der Waals surface area contributed by atoms with Gasteiger partial charge in [-0.25, -0.2) is 9.59 Å². The predicted octanol–water partition coefficient (Wildman–Crippen LogP) is 4.29. The van der Waals surface area contributed by atoms with E-state index in [4.69, 9.17) is 14.2 Å². The van der Waals surface area contributed by atoms with Gasteiger partial charge in [-0.2, -0.15) is 0 Å². The summed E-state index contributed by atoms with van der Waals surface area (Å²) in [6, 6.07) is 3.94. The summed E-state index contributed by atoms with van der Waals surface area (Å²) in [5.41, 5.74) is 1.58. The van der Waals surface area contributed by atoms with Crippen LogP contribution < -0.4 is 9.47 Å². The Kier molecular flexibility index (Phi) is 7.97. The molecule has 1 heterocycles. The molecule has 1 saturated heterocycles. The highest BCUT2D eigenvalue weighted by atomic mass is 16.6. The number of rotatable bonds is 7. The van der Waals surface area contributed by atoms with E-state index in [2.05, 4.69) is 0 Å². The van der Waals surface area contributed by atoms with Crippen molar-refractivity contribution < 1.29 is 23.8 Å². The van der Waals surface area contributed by atoms with Crippen molar-refractivity contribution in [3.8, 4) is 11.5 Å². The van der Waals surface area contributed by atoms with Crippen LogP contribution in [0.1, 0.15) is 51.2 Å². The topological polar surface area (TPSA) is 71.6 Å². The molecule has 3 amide bonds. The lowest BCUT2D eigenvalue weighted by Crippen LogP contribution is -2.54. The summed E-state index contributed by atoms with van der Waals surface area (Å²) in [5, 5.41) is 0. The highest BCUT2D eigenvalue weighted by Crippen LogP contribution is 2.34. The third-order valence-corrected chi connectivity index (χ3v) is 6.18. The van der Waals surface area contributed by atoms with Crippen molar-refractivity contribution in [3.63, 3.8) is 0 Å². The van der Waals surface area contributed by atoms with Gasteiger partial charge in [0.25, 0.3) is 0 Å². The van der Waals surface area contributed by atoms with Crippen LogP contribution in [-0.4, -0.2) is 79.4 Å². The first kappa shape index (κ1) is 25.0. The first-order valence-corrected chi connectivity index (χ1v) is 11.8. The summed E-state index contributed by atoms with van der Waals surface area (Å²) >= 11 is 0. The van der Waals surface area contributed by atoms with Gasteiger partial charge in [0.2, 0.25) is 0 Å². The second-order valence-corrected chi connectivity index (χ2v) is 10.0. The molecular weight excluding hydrogens is 422 g/mol. The Hall–Kier alpha value is -2.64. The maximum absolute atomic E-state index is 13.5. The standard InChI is InChI=1S/C25H39N3O5/c1-18-15-21(31-5)22(32-6)16-20(18)17-28(10-9-19-7-8-19)23(29)26-11-13-27(14-12-26)24(30)33-25(2,3)4/h15-16,19H,7-14,17H2,1-6H3. The smallest absolute Gasteiger partial charge is 0.410 e. The molecule has 2 aliphatic rings. The molecule has 0 N–H and O–H groups in total. The van der Waals surface area contributed by atoms with Crippen LogP contribution in [0.15, 0.2) is 12.1 Å². The zero-order valence-electron chi connectivity index (χ0n) is 21.0. The van der Waals surface area contributed by atoms with E-state index >= 15 is 0 Å². The van der Waals surface area contributed by atoms with Gasteiger partial charge in [0.05, 0.1) is 14.2 Å². The lowest BCUT2D eigenvalue weighted by atomic mass is 10.1. The van der Waals surface area contributed by atoms with Crippen molar-refractivity contribution in [3.05, 3.63) is 23.3 Å². The molecule has 0 unspecified atom stereocenters. The van der Waals surface area contributed by atoms with Crippen LogP contribution in [0.5, 0.6) is 11.5 Å². The van der Waals surface area contributed by atoms with Crippen molar-refractivity contribution in [1.82, 2.24) is 14.7 Å². The number of aryl methyl sites for hydroxylation is 1. The van der Waals surface area contributed by atoms with Crippen LogP contribution in [0.3, 0.4) is 0 Å². The van der Waals surface area contributed by atoms with E-state index < -0.39 is 5.60 Å². The average Bonchev–Trinajstić information content (AvgIpc) is 3.60. The van der Waals surface area contributed by atoms with E-state index in [1.807, 2.05) is 49.6 Å². The van der Waals surface area contributed by atoms with Crippen LogP contribution in [0.4, 0.5) is 9.59 Å². The van der Waals surface area contributed by atoms with Gasteiger partial charge in [0, 0.05) is 39.3 Å². The van der Waals surface area contributed by atoms with Gasteiger partial charge in [0.15, 0.2) is 11.5 Å². The number of carbonyl (C=O) groups is 2. The Morgan fingerprint density at radius 2 is 1.58 bits per heavy atom. The number of amides is 3. The van der Waals surface area contributed by atoms with Gasteiger partial charge in [0.1, 0.15) is 5.60 Å². The summed E-state index contributed by atoms with van der Waals surface area (Å²) in [6.45, 7) is 10.8. The lowest BCUT2D eigenvalue weighted by Gasteiger charge is -2.38. The van der Waals surface area contributed by atoms with Gasteiger partial charge >= 0.3 is 12.1 Å². The quantitative estimate of drug-likeness (QED) is 0.606. The molecular formula is C25H39N3O5. The van der Waals surface area contributed by atoms with Gasteiger partial charge in [-0.3, -0.25) is 0 Å².